The van der Waals surface area contributed by atoms with Crippen LogP contribution in [0.4, 0.5) is 0 Å². The van der Waals surface area contributed by atoms with Crippen LogP contribution in [0.1, 0.15) is 25.1 Å². The monoisotopic (exact) mass is 308 g/mol. The Labute approximate surface area is 125 Å². The van der Waals surface area contributed by atoms with Gasteiger partial charge in [-0.05, 0) is 25.2 Å². The molecule has 1 aliphatic carbocycles. The summed E-state index contributed by atoms with van der Waals surface area (Å²) in [6.07, 6.45) is 7.01. The fourth-order valence-corrected chi connectivity index (χ4v) is 4.67. The molecule has 0 unspecified atom stereocenters. The van der Waals surface area contributed by atoms with E-state index in [4.69, 9.17) is 5.26 Å². The number of aromatic nitrogens is 2. The summed E-state index contributed by atoms with van der Waals surface area (Å²) in [6, 6.07) is 2.16. The van der Waals surface area contributed by atoms with E-state index in [1.165, 1.54) is 4.31 Å². The molecule has 1 aromatic heterocycles. The van der Waals surface area contributed by atoms with Crippen LogP contribution in [0.25, 0.3) is 0 Å². The maximum absolute atomic E-state index is 12.4. The predicted molar refractivity (Wildman–Crippen MR) is 77.7 cm³/mol. The van der Waals surface area contributed by atoms with Crippen molar-refractivity contribution >= 4 is 10.0 Å². The Kier molecular flexibility index (Phi) is 3.54. The Balaban J connectivity index is 1.62. The molecule has 0 aromatic carbocycles. The Bertz CT molecular complexity index is 669. The predicted octanol–water partition coefficient (Wildman–Crippen LogP) is 1.01. The third-order valence-electron chi connectivity index (χ3n) is 4.57. The van der Waals surface area contributed by atoms with Gasteiger partial charge in [-0.25, -0.2) is 17.7 Å². The number of aryl methyl sites for hydroxylation is 1. The molecular formula is C14H20N4O2S. The van der Waals surface area contributed by atoms with Crippen LogP contribution in [0, 0.1) is 22.7 Å². The Morgan fingerprint density at radius 3 is 3.00 bits per heavy atom. The lowest BCUT2D eigenvalue weighted by atomic mass is 10.00. The van der Waals surface area contributed by atoms with E-state index in [0.717, 1.165) is 25.2 Å². The lowest BCUT2D eigenvalue weighted by Gasteiger charge is -2.28. The van der Waals surface area contributed by atoms with Crippen LogP contribution in [-0.4, -0.2) is 41.6 Å². The van der Waals surface area contributed by atoms with Gasteiger partial charge in [0, 0.05) is 39.0 Å². The molecular weight excluding hydrogens is 288 g/mol. The van der Waals surface area contributed by atoms with E-state index in [2.05, 4.69) is 15.6 Å². The molecule has 6 nitrogen and oxygen atoms in total. The molecule has 21 heavy (non-hydrogen) atoms. The molecule has 7 heteroatoms. The number of hydrogen-bond acceptors (Lipinski definition) is 4. The Morgan fingerprint density at radius 1 is 1.57 bits per heavy atom. The molecule has 0 N–H and O–H groups in total. The van der Waals surface area contributed by atoms with Gasteiger partial charge in [-0.1, -0.05) is 0 Å². The number of fused-ring (bicyclic) bond motifs is 1. The SMILES string of the molecule is CN(C[C@H]1CCc2nccn2C1)S(=O)(=O)CC1(C#N)CC1. The van der Waals surface area contributed by atoms with Crippen molar-refractivity contribution in [2.45, 2.75) is 32.2 Å². The third kappa shape index (κ3) is 2.97. The highest BCUT2D eigenvalue weighted by Crippen LogP contribution is 2.46. The average Bonchev–Trinajstić information content (AvgIpc) is 3.05. The molecule has 114 valence electrons. The van der Waals surface area contributed by atoms with Gasteiger partial charge in [0.1, 0.15) is 5.82 Å². The number of nitriles is 1. The minimum atomic E-state index is -3.34. The van der Waals surface area contributed by atoms with E-state index in [-0.39, 0.29) is 5.75 Å². The molecule has 0 saturated heterocycles. The molecule has 0 spiro atoms. The molecule has 0 bridgehead atoms. The summed E-state index contributed by atoms with van der Waals surface area (Å²) in [5, 5.41) is 9.07. The van der Waals surface area contributed by atoms with Crippen molar-refractivity contribution in [3.05, 3.63) is 18.2 Å². The molecule has 2 heterocycles. The van der Waals surface area contributed by atoms with Crippen LogP contribution >= 0.6 is 0 Å². The van der Waals surface area contributed by atoms with Crippen LogP contribution in [0.2, 0.25) is 0 Å². The first-order chi connectivity index (χ1) is 9.94. The van der Waals surface area contributed by atoms with E-state index < -0.39 is 15.4 Å². The molecule has 2 aliphatic rings. The molecule has 1 aliphatic heterocycles. The van der Waals surface area contributed by atoms with E-state index in [1.807, 2.05) is 6.20 Å². The van der Waals surface area contributed by atoms with Crippen molar-refractivity contribution in [3.8, 4) is 6.07 Å². The number of nitrogens with zero attached hydrogens (tertiary/aromatic N) is 4. The molecule has 1 fully saturated rings. The second kappa shape index (κ2) is 5.11. The molecule has 0 radical (unpaired) electrons. The molecule has 0 amide bonds. The zero-order chi connectivity index (χ0) is 15.1. The molecule has 1 saturated carbocycles. The van der Waals surface area contributed by atoms with Crippen molar-refractivity contribution < 1.29 is 8.42 Å². The van der Waals surface area contributed by atoms with Gasteiger partial charge >= 0.3 is 0 Å². The van der Waals surface area contributed by atoms with Crippen molar-refractivity contribution in [1.82, 2.24) is 13.9 Å². The normalized spacial score (nSPS) is 23.6. The fraction of sp³-hybridized carbons (Fsp3) is 0.714. The van der Waals surface area contributed by atoms with E-state index in [9.17, 15) is 8.42 Å². The lowest BCUT2D eigenvalue weighted by molar-refractivity contribution is 0.302. The van der Waals surface area contributed by atoms with Crippen LogP contribution in [0.3, 0.4) is 0 Å². The molecule has 3 rings (SSSR count). The van der Waals surface area contributed by atoms with Crippen LogP contribution in [0.15, 0.2) is 12.4 Å². The maximum Gasteiger partial charge on any atom is 0.215 e. The first kappa shape index (κ1) is 14.5. The highest BCUT2D eigenvalue weighted by molar-refractivity contribution is 7.89. The molecule has 1 aromatic rings. The number of rotatable bonds is 5. The first-order valence-corrected chi connectivity index (χ1v) is 8.90. The van der Waals surface area contributed by atoms with Gasteiger partial charge in [-0.15, -0.1) is 0 Å². The van der Waals surface area contributed by atoms with Crippen molar-refractivity contribution in [1.29, 1.82) is 5.26 Å². The van der Waals surface area contributed by atoms with Gasteiger partial charge in [-0.2, -0.15) is 5.26 Å². The van der Waals surface area contributed by atoms with Crippen LogP contribution in [-0.2, 0) is 23.0 Å². The van der Waals surface area contributed by atoms with Crippen LogP contribution < -0.4 is 0 Å². The smallest absolute Gasteiger partial charge is 0.215 e. The van der Waals surface area contributed by atoms with Gasteiger partial charge in [0.25, 0.3) is 0 Å². The van der Waals surface area contributed by atoms with Gasteiger partial charge in [0.15, 0.2) is 0 Å². The topological polar surface area (TPSA) is 79.0 Å². The fourth-order valence-electron chi connectivity index (χ4n) is 2.96. The summed E-state index contributed by atoms with van der Waals surface area (Å²) in [6.45, 7) is 1.33. The van der Waals surface area contributed by atoms with Gasteiger partial charge in [0.05, 0.1) is 17.2 Å². The lowest BCUT2D eigenvalue weighted by Crippen LogP contribution is -2.38. The Morgan fingerprint density at radius 2 is 2.33 bits per heavy atom. The Hall–Kier alpha value is -1.39. The summed E-state index contributed by atoms with van der Waals surface area (Å²) in [4.78, 5) is 4.28. The highest BCUT2D eigenvalue weighted by atomic mass is 32.2. The summed E-state index contributed by atoms with van der Waals surface area (Å²) in [7, 11) is -1.71. The quantitative estimate of drug-likeness (QED) is 0.813. The standard InChI is InChI=1S/C14H20N4O2S/c1-17(21(19,20)11-14(10-15)4-5-14)8-12-2-3-13-16-6-7-18(13)9-12/h6-7,12H,2-5,8-9,11H2,1H3/t12-/m1/s1. The van der Waals surface area contributed by atoms with Crippen molar-refractivity contribution in [3.63, 3.8) is 0 Å². The first-order valence-electron chi connectivity index (χ1n) is 7.29. The summed E-state index contributed by atoms with van der Waals surface area (Å²) < 4.78 is 28.3. The zero-order valence-electron chi connectivity index (χ0n) is 12.2. The van der Waals surface area contributed by atoms with Crippen molar-refractivity contribution in [2.24, 2.45) is 11.3 Å². The van der Waals surface area contributed by atoms with Gasteiger partial charge in [-0.3, -0.25) is 0 Å². The van der Waals surface area contributed by atoms with Crippen LogP contribution in [0.5, 0.6) is 0 Å². The average molecular weight is 308 g/mol. The number of sulfonamides is 1. The summed E-state index contributed by atoms with van der Waals surface area (Å²) in [5.41, 5.74) is -0.614. The van der Waals surface area contributed by atoms with E-state index >= 15 is 0 Å². The number of imidazole rings is 1. The minimum Gasteiger partial charge on any atom is -0.335 e. The van der Waals surface area contributed by atoms with E-state index in [1.54, 1.807) is 13.2 Å². The second-order valence-corrected chi connectivity index (χ2v) is 8.41. The maximum atomic E-state index is 12.4. The van der Waals surface area contributed by atoms with Crippen molar-refractivity contribution in [2.75, 3.05) is 19.3 Å². The zero-order valence-corrected chi connectivity index (χ0v) is 13.0. The summed E-state index contributed by atoms with van der Waals surface area (Å²) in [5.74, 6) is 1.36. The molecule has 1 atom stereocenters. The largest absolute Gasteiger partial charge is 0.335 e. The third-order valence-corrected chi connectivity index (χ3v) is 6.59. The second-order valence-electron chi connectivity index (χ2n) is 6.33. The summed E-state index contributed by atoms with van der Waals surface area (Å²) >= 11 is 0. The van der Waals surface area contributed by atoms with E-state index in [0.29, 0.717) is 25.3 Å². The highest BCUT2D eigenvalue weighted by Gasteiger charge is 2.47. The van der Waals surface area contributed by atoms with Gasteiger partial charge in [0.2, 0.25) is 10.0 Å². The minimum absolute atomic E-state index is 0.0317. The number of hydrogen-bond donors (Lipinski definition) is 0. The van der Waals surface area contributed by atoms with Gasteiger partial charge < -0.3 is 4.57 Å².